The number of thiophene rings is 1. The summed E-state index contributed by atoms with van der Waals surface area (Å²) >= 11 is 1.71. The number of nitrogens with zero attached hydrogens (tertiary/aromatic N) is 2. The molecule has 2 aromatic heterocycles. The zero-order valence-electron chi connectivity index (χ0n) is 14.5. The van der Waals surface area contributed by atoms with Gasteiger partial charge >= 0.3 is 0 Å². The third-order valence-electron chi connectivity index (χ3n) is 3.50. The molecule has 3 N–H and O–H groups in total. The summed E-state index contributed by atoms with van der Waals surface area (Å²) in [6, 6.07) is 3.96. The molecule has 0 saturated carbocycles. The maximum atomic E-state index is 11.9. The lowest BCUT2D eigenvalue weighted by atomic mass is 10.2. The van der Waals surface area contributed by atoms with E-state index in [2.05, 4.69) is 44.3 Å². The Kier molecular flexibility index (Phi) is 6.99. The minimum absolute atomic E-state index is 0.0804. The second-order valence-electron chi connectivity index (χ2n) is 5.52. The maximum Gasteiger partial charge on any atom is 0.220 e. The van der Waals surface area contributed by atoms with Crippen molar-refractivity contribution in [2.75, 3.05) is 30.3 Å². The van der Waals surface area contributed by atoms with Gasteiger partial charge in [-0.2, -0.15) is 0 Å². The van der Waals surface area contributed by atoms with Gasteiger partial charge in [0, 0.05) is 37.0 Å². The Balaban J connectivity index is 1.69. The van der Waals surface area contributed by atoms with E-state index < -0.39 is 0 Å². The monoisotopic (exact) mass is 347 g/mol. The summed E-state index contributed by atoms with van der Waals surface area (Å²) in [6.45, 7) is 7.99. The van der Waals surface area contributed by atoms with Crippen molar-refractivity contribution in [1.29, 1.82) is 0 Å². The lowest BCUT2D eigenvalue weighted by Gasteiger charge is -2.10. The van der Waals surface area contributed by atoms with Gasteiger partial charge in [0.25, 0.3) is 0 Å². The molecule has 6 nitrogen and oxygen atoms in total. The van der Waals surface area contributed by atoms with Gasteiger partial charge in [0.1, 0.15) is 17.5 Å². The van der Waals surface area contributed by atoms with Crippen LogP contribution in [0.2, 0.25) is 0 Å². The van der Waals surface area contributed by atoms with Crippen LogP contribution in [0.4, 0.5) is 11.6 Å². The molecule has 0 atom stereocenters. The van der Waals surface area contributed by atoms with Crippen molar-refractivity contribution < 1.29 is 4.79 Å². The van der Waals surface area contributed by atoms with Crippen LogP contribution in [-0.4, -0.2) is 35.5 Å². The molecule has 0 aromatic carbocycles. The van der Waals surface area contributed by atoms with Gasteiger partial charge in [-0.3, -0.25) is 4.79 Å². The number of carbonyl (C=O) groups excluding carboxylic acids is 1. The molecule has 0 bridgehead atoms. The molecule has 0 aliphatic carbocycles. The van der Waals surface area contributed by atoms with Crippen molar-refractivity contribution in [3.05, 3.63) is 33.8 Å². The van der Waals surface area contributed by atoms with Gasteiger partial charge in [0.05, 0.1) is 0 Å². The molecule has 130 valence electrons. The first kappa shape index (κ1) is 18.2. The number of nitrogens with one attached hydrogen (secondary N) is 3. The lowest BCUT2D eigenvalue weighted by Crippen LogP contribution is -2.29. The molecule has 2 heterocycles. The molecule has 7 heteroatoms. The lowest BCUT2D eigenvalue weighted by molar-refractivity contribution is -0.120. The van der Waals surface area contributed by atoms with Crippen LogP contribution in [0.25, 0.3) is 0 Å². The largest absolute Gasteiger partial charge is 0.370 e. The first-order chi connectivity index (χ1) is 11.6. The van der Waals surface area contributed by atoms with E-state index in [4.69, 9.17) is 0 Å². The van der Waals surface area contributed by atoms with Crippen LogP contribution in [0.3, 0.4) is 0 Å². The highest BCUT2D eigenvalue weighted by atomic mass is 32.1. The van der Waals surface area contributed by atoms with Crippen molar-refractivity contribution >= 4 is 28.9 Å². The summed E-state index contributed by atoms with van der Waals surface area (Å²) in [5.74, 6) is 2.37. The molecule has 0 spiro atoms. The van der Waals surface area contributed by atoms with Gasteiger partial charge in [-0.25, -0.2) is 9.97 Å². The summed E-state index contributed by atoms with van der Waals surface area (Å²) in [7, 11) is 0. The first-order valence-corrected chi connectivity index (χ1v) is 9.09. The van der Waals surface area contributed by atoms with E-state index >= 15 is 0 Å². The second kappa shape index (κ2) is 9.22. The van der Waals surface area contributed by atoms with Crippen LogP contribution in [0.5, 0.6) is 0 Å². The van der Waals surface area contributed by atoms with Crippen LogP contribution in [-0.2, 0) is 11.2 Å². The second-order valence-corrected chi connectivity index (χ2v) is 6.52. The van der Waals surface area contributed by atoms with Crippen LogP contribution in [0.1, 0.15) is 29.6 Å². The zero-order valence-corrected chi connectivity index (χ0v) is 15.3. The molecule has 0 saturated heterocycles. The number of hydrogen-bond acceptors (Lipinski definition) is 6. The molecule has 0 radical (unpaired) electrons. The Morgan fingerprint density at radius 3 is 2.58 bits per heavy atom. The Bertz CT molecular complexity index is 671. The van der Waals surface area contributed by atoms with E-state index in [-0.39, 0.29) is 5.91 Å². The summed E-state index contributed by atoms with van der Waals surface area (Å²) in [4.78, 5) is 21.8. The van der Waals surface area contributed by atoms with Gasteiger partial charge in [-0.15, -0.1) is 11.3 Å². The highest BCUT2D eigenvalue weighted by Crippen LogP contribution is 2.17. The van der Waals surface area contributed by atoms with Gasteiger partial charge in [-0.1, -0.05) is 0 Å². The summed E-state index contributed by atoms with van der Waals surface area (Å²) in [5, 5.41) is 11.4. The van der Waals surface area contributed by atoms with E-state index in [1.807, 2.05) is 19.9 Å². The normalized spacial score (nSPS) is 10.5. The van der Waals surface area contributed by atoms with Crippen LogP contribution in [0.15, 0.2) is 17.5 Å². The molecule has 2 aromatic rings. The Hall–Kier alpha value is -2.15. The van der Waals surface area contributed by atoms with Crippen LogP contribution < -0.4 is 16.0 Å². The van der Waals surface area contributed by atoms with Crippen molar-refractivity contribution in [3.63, 3.8) is 0 Å². The van der Waals surface area contributed by atoms with E-state index in [1.54, 1.807) is 11.3 Å². The average molecular weight is 347 g/mol. The number of carbonyl (C=O) groups is 1. The van der Waals surface area contributed by atoms with E-state index in [1.165, 1.54) is 10.4 Å². The smallest absolute Gasteiger partial charge is 0.220 e. The van der Waals surface area contributed by atoms with Gasteiger partial charge in [0.2, 0.25) is 5.91 Å². The van der Waals surface area contributed by atoms with Gasteiger partial charge in [-0.05, 0) is 44.2 Å². The third-order valence-corrected chi connectivity index (χ3v) is 4.58. The van der Waals surface area contributed by atoms with Gasteiger partial charge < -0.3 is 16.0 Å². The standard InChI is InChI=1S/C17H25N5OS/c1-4-18-15-11-16(22-13(3)21-15)19-8-9-20-17(23)6-5-14-12(2)7-10-24-14/h7,10-11H,4-6,8-9H2,1-3H3,(H,20,23)(H2,18,19,21,22). The predicted octanol–water partition coefficient (Wildman–Crippen LogP) is 2.75. The molecular weight excluding hydrogens is 322 g/mol. The van der Waals surface area contributed by atoms with Crippen LogP contribution >= 0.6 is 11.3 Å². The summed E-state index contributed by atoms with van der Waals surface area (Å²) in [5.41, 5.74) is 1.27. The topological polar surface area (TPSA) is 78.9 Å². The molecule has 0 aliphatic heterocycles. The molecule has 0 fully saturated rings. The fourth-order valence-electron chi connectivity index (χ4n) is 2.30. The molecule has 0 aliphatic rings. The molecule has 1 amide bonds. The summed E-state index contributed by atoms with van der Waals surface area (Å²) in [6.07, 6.45) is 1.33. The van der Waals surface area contributed by atoms with Crippen molar-refractivity contribution in [2.24, 2.45) is 0 Å². The Labute approximate surface area is 147 Å². The molecule has 2 rings (SSSR count). The van der Waals surface area contributed by atoms with Crippen molar-refractivity contribution in [3.8, 4) is 0 Å². The Morgan fingerprint density at radius 2 is 1.92 bits per heavy atom. The molecular formula is C17H25N5OS. The third kappa shape index (κ3) is 5.81. The Morgan fingerprint density at radius 1 is 1.17 bits per heavy atom. The SMILES string of the molecule is CCNc1cc(NCCNC(=O)CCc2sccc2C)nc(C)n1. The number of amides is 1. The van der Waals surface area contributed by atoms with E-state index in [0.717, 1.165) is 24.6 Å². The number of rotatable bonds is 9. The maximum absolute atomic E-state index is 11.9. The van der Waals surface area contributed by atoms with Crippen LogP contribution in [0, 0.1) is 13.8 Å². The number of anilines is 2. The summed E-state index contributed by atoms with van der Waals surface area (Å²) < 4.78 is 0. The first-order valence-electron chi connectivity index (χ1n) is 8.21. The molecule has 24 heavy (non-hydrogen) atoms. The van der Waals surface area contributed by atoms with E-state index in [9.17, 15) is 4.79 Å². The highest BCUT2D eigenvalue weighted by Gasteiger charge is 2.05. The fourth-order valence-corrected chi connectivity index (χ4v) is 3.21. The van der Waals surface area contributed by atoms with Gasteiger partial charge in [0.15, 0.2) is 0 Å². The quantitative estimate of drug-likeness (QED) is 0.608. The number of hydrogen-bond donors (Lipinski definition) is 3. The zero-order chi connectivity index (χ0) is 17.4. The minimum atomic E-state index is 0.0804. The average Bonchev–Trinajstić information content (AvgIpc) is 2.94. The predicted molar refractivity (Wildman–Crippen MR) is 99.8 cm³/mol. The van der Waals surface area contributed by atoms with Crippen molar-refractivity contribution in [2.45, 2.75) is 33.6 Å². The number of aromatic nitrogens is 2. The van der Waals surface area contributed by atoms with Crippen molar-refractivity contribution in [1.82, 2.24) is 15.3 Å². The van der Waals surface area contributed by atoms with E-state index in [0.29, 0.717) is 25.3 Å². The minimum Gasteiger partial charge on any atom is -0.370 e. The highest BCUT2D eigenvalue weighted by molar-refractivity contribution is 7.10. The molecule has 0 unspecified atom stereocenters. The fraction of sp³-hybridized carbons (Fsp3) is 0.471. The number of aryl methyl sites for hydroxylation is 3.